The minimum atomic E-state index is -0.0748. The van der Waals surface area contributed by atoms with E-state index in [2.05, 4.69) is 10.3 Å². The Hall–Kier alpha value is -1.95. The van der Waals surface area contributed by atoms with Gasteiger partial charge in [-0.3, -0.25) is 9.36 Å². The summed E-state index contributed by atoms with van der Waals surface area (Å²) in [7, 11) is 1.65. The minimum absolute atomic E-state index is 0.0748. The Kier molecular flexibility index (Phi) is 4.68. The summed E-state index contributed by atoms with van der Waals surface area (Å²) in [6.45, 7) is 0.778. The molecule has 2 aromatic rings. The standard InChI is InChI=1S/C16H19N3O2S/c1-21-13-6-4-5-12(11-13)19-10-9-18-16(19)22-14-7-2-3-8-17-15(14)20/h4-6,9-11,14H,2-3,7-8H2,1H3,(H,17,20)/t14-/m1/s1. The lowest BCUT2D eigenvalue weighted by Gasteiger charge is -2.14. The third-order valence-corrected chi connectivity index (χ3v) is 4.92. The van der Waals surface area contributed by atoms with E-state index in [9.17, 15) is 4.79 Å². The van der Waals surface area contributed by atoms with Crippen molar-refractivity contribution in [2.24, 2.45) is 0 Å². The van der Waals surface area contributed by atoms with Crippen molar-refractivity contribution in [2.75, 3.05) is 13.7 Å². The third-order valence-electron chi connectivity index (χ3n) is 3.67. The SMILES string of the molecule is COc1cccc(-n2ccnc2S[C@@H]2CCCCNC2=O)c1. The van der Waals surface area contributed by atoms with Crippen LogP contribution in [0, 0.1) is 0 Å². The number of rotatable bonds is 4. The molecular formula is C16H19N3O2S. The van der Waals surface area contributed by atoms with Crippen LogP contribution in [0.5, 0.6) is 5.75 Å². The number of carbonyl (C=O) groups is 1. The van der Waals surface area contributed by atoms with E-state index < -0.39 is 0 Å². The van der Waals surface area contributed by atoms with Gasteiger partial charge in [0.05, 0.1) is 18.0 Å². The number of thioether (sulfide) groups is 1. The molecule has 0 unspecified atom stereocenters. The summed E-state index contributed by atoms with van der Waals surface area (Å²) in [6, 6.07) is 7.81. The molecule has 0 aliphatic carbocycles. The first-order valence-electron chi connectivity index (χ1n) is 7.40. The van der Waals surface area contributed by atoms with Gasteiger partial charge in [0.25, 0.3) is 0 Å². The Labute approximate surface area is 134 Å². The van der Waals surface area contributed by atoms with Crippen LogP contribution in [0.25, 0.3) is 5.69 Å². The zero-order chi connectivity index (χ0) is 15.4. The predicted molar refractivity (Wildman–Crippen MR) is 86.6 cm³/mol. The first kappa shape index (κ1) is 15.0. The van der Waals surface area contributed by atoms with Crippen molar-refractivity contribution in [1.82, 2.24) is 14.9 Å². The summed E-state index contributed by atoms with van der Waals surface area (Å²) in [6.07, 6.45) is 6.67. The number of aromatic nitrogens is 2. The van der Waals surface area contributed by atoms with E-state index >= 15 is 0 Å². The molecule has 0 saturated carbocycles. The summed E-state index contributed by atoms with van der Waals surface area (Å²) < 4.78 is 7.26. The van der Waals surface area contributed by atoms with Gasteiger partial charge in [0.15, 0.2) is 5.16 Å². The molecule has 0 spiro atoms. The number of imidazole rings is 1. The molecular weight excluding hydrogens is 298 g/mol. The smallest absolute Gasteiger partial charge is 0.233 e. The van der Waals surface area contributed by atoms with Crippen LogP contribution in [0.2, 0.25) is 0 Å². The lowest BCUT2D eigenvalue weighted by molar-refractivity contribution is -0.120. The predicted octanol–water partition coefficient (Wildman–Crippen LogP) is 2.64. The number of carbonyl (C=O) groups excluding carboxylic acids is 1. The van der Waals surface area contributed by atoms with E-state index in [0.717, 1.165) is 42.4 Å². The van der Waals surface area contributed by atoms with Crippen LogP contribution in [-0.4, -0.2) is 34.4 Å². The van der Waals surface area contributed by atoms with Gasteiger partial charge in [0.1, 0.15) is 5.75 Å². The molecule has 1 atom stereocenters. The average Bonchev–Trinajstić information content (AvgIpc) is 2.92. The molecule has 2 heterocycles. The number of nitrogens with one attached hydrogen (secondary N) is 1. The summed E-state index contributed by atoms with van der Waals surface area (Å²) in [5.41, 5.74) is 0.980. The van der Waals surface area contributed by atoms with Gasteiger partial charge in [-0.2, -0.15) is 0 Å². The highest BCUT2D eigenvalue weighted by molar-refractivity contribution is 8.00. The van der Waals surface area contributed by atoms with Crippen LogP contribution in [0.3, 0.4) is 0 Å². The summed E-state index contributed by atoms with van der Waals surface area (Å²) in [5, 5.41) is 3.72. The summed E-state index contributed by atoms with van der Waals surface area (Å²) in [4.78, 5) is 16.5. The molecule has 5 nitrogen and oxygen atoms in total. The molecule has 3 rings (SSSR count). The molecule has 0 bridgehead atoms. The van der Waals surface area contributed by atoms with Gasteiger partial charge in [-0.15, -0.1) is 0 Å². The number of hydrogen-bond donors (Lipinski definition) is 1. The fraction of sp³-hybridized carbons (Fsp3) is 0.375. The van der Waals surface area contributed by atoms with Gasteiger partial charge in [0.2, 0.25) is 5.91 Å². The molecule has 1 aromatic carbocycles. The lowest BCUT2D eigenvalue weighted by atomic mass is 10.2. The zero-order valence-electron chi connectivity index (χ0n) is 12.5. The van der Waals surface area contributed by atoms with Crippen LogP contribution in [0.15, 0.2) is 41.8 Å². The first-order chi connectivity index (χ1) is 10.8. The highest BCUT2D eigenvalue weighted by atomic mass is 32.2. The Balaban J connectivity index is 1.83. The van der Waals surface area contributed by atoms with Gasteiger partial charge in [-0.05, 0) is 25.0 Å². The maximum absolute atomic E-state index is 12.1. The second-order valence-corrected chi connectivity index (χ2v) is 6.34. The van der Waals surface area contributed by atoms with Crippen molar-refractivity contribution < 1.29 is 9.53 Å². The van der Waals surface area contributed by atoms with Crippen molar-refractivity contribution >= 4 is 17.7 Å². The Morgan fingerprint density at radius 1 is 1.41 bits per heavy atom. The number of benzene rings is 1. The Bertz CT molecular complexity index is 656. The molecule has 1 fully saturated rings. The molecule has 1 aromatic heterocycles. The molecule has 0 radical (unpaired) electrons. The Morgan fingerprint density at radius 2 is 2.32 bits per heavy atom. The van der Waals surface area contributed by atoms with Crippen LogP contribution in [0.4, 0.5) is 0 Å². The molecule has 1 amide bonds. The second-order valence-electron chi connectivity index (χ2n) is 5.17. The quantitative estimate of drug-likeness (QED) is 0.942. The molecule has 6 heteroatoms. The third kappa shape index (κ3) is 3.27. The van der Waals surface area contributed by atoms with Gasteiger partial charge < -0.3 is 10.1 Å². The van der Waals surface area contributed by atoms with Crippen molar-refractivity contribution in [3.63, 3.8) is 0 Å². The summed E-state index contributed by atoms with van der Waals surface area (Å²) in [5.74, 6) is 0.914. The van der Waals surface area contributed by atoms with Crippen molar-refractivity contribution in [3.8, 4) is 11.4 Å². The minimum Gasteiger partial charge on any atom is -0.497 e. The maximum Gasteiger partial charge on any atom is 0.233 e. The highest BCUT2D eigenvalue weighted by Crippen LogP contribution is 2.29. The fourth-order valence-corrected chi connectivity index (χ4v) is 3.62. The topological polar surface area (TPSA) is 56.1 Å². The van der Waals surface area contributed by atoms with Gasteiger partial charge in [-0.1, -0.05) is 24.2 Å². The van der Waals surface area contributed by atoms with Crippen LogP contribution in [0.1, 0.15) is 19.3 Å². The molecule has 1 saturated heterocycles. The van der Waals surface area contributed by atoms with E-state index in [1.54, 1.807) is 13.3 Å². The number of ether oxygens (including phenoxy) is 1. The highest BCUT2D eigenvalue weighted by Gasteiger charge is 2.23. The molecule has 116 valence electrons. The van der Waals surface area contributed by atoms with Gasteiger partial charge in [0, 0.05) is 25.0 Å². The number of amides is 1. The summed E-state index contributed by atoms with van der Waals surface area (Å²) >= 11 is 1.53. The van der Waals surface area contributed by atoms with Crippen molar-refractivity contribution in [1.29, 1.82) is 0 Å². The number of hydrogen-bond acceptors (Lipinski definition) is 4. The largest absolute Gasteiger partial charge is 0.497 e. The monoisotopic (exact) mass is 317 g/mol. The normalized spacial score (nSPS) is 18.6. The van der Waals surface area contributed by atoms with Crippen molar-refractivity contribution in [3.05, 3.63) is 36.7 Å². The molecule has 22 heavy (non-hydrogen) atoms. The maximum atomic E-state index is 12.1. The number of methoxy groups -OCH3 is 1. The zero-order valence-corrected chi connectivity index (χ0v) is 13.3. The lowest BCUT2D eigenvalue weighted by Crippen LogP contribution is -2.30. The molecule has 1 aliphatic heterocycles. The van der Waals surface area contributed by atoms with Gasteiger partial charge in [-0.25, -0.2) is 4.98 Å². The van der Waals surface area contributed by atoms with Crippen molar-refractivity contribution in [2.45, 2.75) is 29.7 Å². The van der Waals surface area contributed by atoms with Crippen LogP contribution >= 0.6 is 11.8 Å². The van der Waals surface area contributed by atoms with E-state index in [1.807, 2.05) is 35.0 Å². The van der Waals surface area contributed by atoms with Crippen LogP contribution in [-0.2, 0) is 4.79 Å². The van der Waals surface area contributed by atoms with E-state index in [-0.39, 0.29) is 11.2 Å². The van der Waals surface area contributed by atoms with E-state index in [1.165, 1.54) is 11.8 Å². The molecule has 1 N–H and O–H groups in total. The number of nitrogens with zero attached hydrogens (tertiary/aromatic N) is 2. The van der Waals surface area contributed by atoms with Crippen LogP contribution < -0.4 is 10.1 Å². The average molecular weight is 317 g/mol. The van der Waals surface area contributed by atoms with E-state index in [0.29, 0.717) is 0 Å². The van der Waals surface area contributed by atoms with Gasteiger partial charge >= 0.3 is 0 Å². The molecule has 1 aliphatic rings. The van der Waals surface area contributed by atoms with E-state index in [4.69, 9.17) is 4.74 Å². The second kappa shape index (κ2) is 6.87. The first-order valence-corrected chi connectivity index (χ1v) is 8.28. The Morgan fingerprint density at radius 3 is 3.18 bits per heavy atom. The fourth-order valence-electron chi connectivity index (χ4n) is 2.48.